The van der Waals surface area contributed by atoms with E-state index in [9.17, 15) is 9.59 Å². The summed E-state index contributed by atoms with van der Waals surface area (Å²) in [5, 5.41) is 13.5. The largest absolute Gasteiger partial charge is 0.337 e. The summed E-state index contributed by atoms with van der Waals surface area (Å²) in [7, 11) is 0. The monoisotopic (exact) mass is 364 g/mol. The number of fused-ring (bicyclic) bond motifs is 2. The van der Waals surface area contributed by atoms with Crippen LogP contribution in [0.25, 0.3) is 5.65 Å². The number of nitrogens with zero attached hydrogens (tertiary/aromatic N) is 5. The van der Waals surface area contributed by atoms with Crippen LogP contribution in [-0.2, 0) is 12.8 Å². The number of rotatable bonds is 2. The number of likely N-dealkylation sites (tertiary alicyclic amines) is 1. The van der Waals surface area contributed by atoms with Gasteiger partial charge in [0.2, 0.25) is 5.56 Å². The molecule has 0 unspecified atom stereocenters. The molecule has 1 amide bonds. The third-order valence-corrected chi connectivity index (χ3v) is 5.59. The number of hydrogen-bond donors (Lipinski definition) is 1. The van der Waals surface area contributed by atoms with E-state index in [0.717, 1.165) is 49.3 Å². The molecule has 0 radical (unpaired) electrons. The molecule has 0 atom stereocenters. The van der Waals surface area contributed by atoms with Crippen LogP contribution >= 0.6 is 0 Å². The lowest BCUT2D eigenvalue weighted by Gasteiger charge is -2.31. The van der Waals surface area contributed by atoms with Gasteiger partial charge in [0.1, 0.15) is 5.69 Å². The molecule has 4 heterocycles. The van der Waals surface area contributed by atoms with E-state index in [-0.39, 0.29) is 17.4 Å². The van der Waals surface area contributed by atoms with Crippen molar-refractivity contribution in [1.29, 1.82) is 0 Å². The zero-order valence-electron chi connectivity index (χ0n) is 14.9. The predicted molar refractivity (Wildman–Crippen MR) is 97.7 cm³/mol. The molecule has 1 N–H and O–H groups in total. The molecule has 1 saturated heterocycles. The molecule has 5 rings (SSSR count). The number of aryl methyl sites for hydroxylation is 2. The van der Waals surface area contributed by atoms with Crippen LogP contribution in [0.4, 0.5) is 0 Å². The van der Waals surface area contributed by atoms with Gasteiger partial charge in [-0.15, -0.1) is 10.2 Å². The molecule has 27 heavy (non-hydrogen) atoms. The van der Waals surface area contributed by atoms with Gasteiger partial charge in [-0.3, -0.25) is 9.59 Å². The van der Waals surface area contributed by atoms with Crippen molar-refractivity contribution >= 4 is 11.6 Å². The molecule has 0 spiro atoms. The van der Waals surface area contributed by atoms with Crippen LogP contribution in [0, 0.1) is 0 Å². The van der Waals surface area contributed by atoms with E-state index in [4.69, 9.17) is 5.10 Å². The highest BCUT2D eigenvalue weighted by Gasteiger charge is 2.28. The second-order valence-electron chi connectivity index (χ2n) is 7.29. The van der Waals surface area contributed by atoms with Crippen molar-refractivity contribution in [3.8, 4) is 0 Å². The van der Waals surface area contributed by atoms with Crippen molar-refractivity contribution < 1.29 is 4.79 Å². The van der Waals surface area contributed by atoms with E-state index in [1.807, 2.05) is 4.52 Å². The number of pyridine rings is 1. The summed E-state index contributed by atoms with van der Waals surface area (Å²) in [5.74, 6) is 0.985. The molecule has 3 aromatic heterocycles. The van der Waals surface area contributed by atoms with Crippen LogP contribution in [0.3, 0.4) is 0 Å². The predicted octanol–water partition coefficient (Wildman–Crippen LogP) is 1.32. The highest BCUT2D eigenvalue weighted by atomic mass is 16.2. The maximum Gasteiger partial charge on any atom is 0.270 e. The number of carbonyl (C=O) groups is 1. The molecule has 0 bridgehead atoms. The summed E-state index contributed by atoms with van der Waals surface area (Å²) >= 11 is 0. The number of aromatic amines is 1. The minimum atomic E-state index is -0.260. The second-order valence-corrected chi connectivity index (χ2v) is 7.29. The maximum absolute atomic E-state index is 12.6. The van der Waals surface area contributed by atoms with Crippen molar-refractivity contribution in [3.05, 3.63) is 57.4 Å². The Kier molecular flexibility index (Phi) is 3.77. The van der Waals surface area contributed by atoms with E-state index in [2.05, 4.69) is 21.2 Å². The van der Waals surface area contributed by atoms with Crippen molar-refractivity contribution in [2.24, 2.45) is 0 Å². The molecule has 0 aromatic carbocycles. The minimum absolute atomic E-state index is 0.131. The molecule has 8 heteroatoms. The van der Waals surface area contributed by atoms with Gasteiger partial charge in [0.15, 0.2) is 11.5 Å². The van der Waals surface area contributed by atoms with Gasteiger partial charge in [0.05, 0.1) is 5.69 Å². The molecule has 1 aliphatic heterocycles. The molecular weight excluding hydrogens is 344 g/mol. The van der Waals surface area contributed by atoms with E-state index in [0.29, 0.717) is 18.8 Å². The average Bonchev–Trinajstić information content (AvgIpc) is 3.32. The van der Waals surface area contributed by atoms with E-state index in [1.54, 1.807) is 17.0 Å². The van der Waals surface area contributed by atoms with Gasteiger partial charge in [-0.1, -0.05) is 6.07 Å². The number of aromatic nitrogens is 5. The summed E-state index contributed by atoms with van der Waals surface area (Å²) in [5.41, 5.74) is 3.34. The van der Waals surface area contributed by atoms with Crippen molar-refractivity contribution in [1.82, 2.24) is 29.7 Å². The standard InChI is InChI=1S/C19H20N6O2/c26-17-6-2-5-15(20-17)19(27)24-9-7-12(8-10-24)18-22-21-16-11-13-3-1-4-14(13)23-25(16)18/h2,5-6,11-12H,1,3-4,7-10H2,(H,20,26). The highest BCUT2D eigenvalue weighted by Crippen LogP contribution is 2.28. The first-order chi connectivity index (χ1) is 13.2. The topological polar surface area (TPSA) is 96.2 Å². The third kappa shape index (κ3) is 2.81. The lowest BCUT2D eigenvalue weighted by Crippen LogP contribution is -2.39. The normalized spacial score (nSPS) is 17.4. The summed E-state index contributed by atoms with van der Waals surface area (Å²) in [4.78, 5) is 28.4. The molecule has 3 aromatic rings. The summed E-state index contributed by atoms with van der Waals surface area (Å²) < 4.78 is 1.89. The number of amides is 1. The van der Waals surface area contributed by atoms with Crippen molar-refractivity contribution in [2.75, 3.05) is 13.1 Å². The second kappa shape index (κ2) is 6.29. The molecule has 1 aliphatic carbocycles. The molecule has 138 valence electrons. The summed E-state index contributed by atoms with van der Waals surface area (Å²) in [6.45, 7) is 1.25. The molecule has 0 saturated carbocycles. The first-order valence-corrected chi connectivity index (χ1v) is 9.42. The lowest BCUT2D eigenvalue weighted by atomic mass is 9.96. The smallest absolute Gasteiger partial charge is 0.270 e. The Balaban J connectivity index is 1.34. The zero-order chi connectivity index (χ0) is 18.4. The van der Waals surface area contributed by atoms with E-state index >= 15 is 0 Å². The van der Waals surface area contributed by atoms with Gasteiger partial charge in [-0.2, -0.15) is 9.61 Å². The van der Waals surface area contributed by atoms with Crippen molar-refractivity contribution in [3.63, 3.8) is 0 Å². The average molecular weight is 364 g/mol. The van der Waals surface area contributed by atoms with Crippen LogP contribution in [0.2, 0.25) is 0 Å². The lowest BCUT2D eigenvalue weighted by molar-refractivity contribution is 0.0704. The third-order valence-electron chi connectivity index (χ3n) is 5.59. The summed E-state index contributed by atoms with van der Waals surface area (Å²) in [6, 6.07) is 6.76. The molecule has 1 fully saturated rings. The van der Waals surface area contributed by atoms with Crippen LogP contribution < -0.4 is 5.56 Å². The Morgan fingerprint density at radius 1 is 1.15 bits per heavy atom. The Morgan fingerprint density at radius 3 is 2.81 bits per heavy atom. The number of piperidine rings is 1. The first-order valence-electron chi connectivity index (χ1n) is 9.42. The molecule has 8 nitrogen and oxygen atoms in total. The number of H-pyrrole nitrogens is 1. The van der Waals surface area contributed by atoms with Gasteiger partial charge in [0, 0.05) is 25.1 Å². The van der Waals surface area contributed by atoms with Gasteiger partial charge >= 0.3 is 0 Å². The van der Waals surface area contributed by atoms with Gasteiger partial charge < -0.3 is 9.88 Å². The van der Waals surface area contributed by atoms with E-state index < -0.39 is 0 Å². The molecular formula is C19H20N6O2. The van der Waals surface area contributed by atoms with Gasteiger partial charge in [-0.25, -0.2) is 0 Å². The summed E-state index contributed by atoms with van der Waals surface area (Å²) in [6.07, 6.45) is 4.86. The first kappa shape index (κ1) is 16.2. The van der Waals surface area contributed by atoms with Gasteiger partial charge in [-0.05, 0) is 49.8 Å². The van der Waals surface area contributed by atoms with Crippen LogP contribution in [-0.4, -0.2) is 48.7 Å². The van der Waals surface area contributed by atoms with Crippen LogP contribution in [0.15, 0.2) is 29.1 Å². The number of carbonyl (C=O) groups excluding carboxylic acids is 1. The van der Waals surface area contributed by atoms with Crippen LogP contribution in [0.1, 0.15) is 52.8 Å². The fourth-order valence-corrected chi connectivity index (χ4v) is 4.13. The Morgan fingerprint density at radius 2 is 2.00 bits per heavy atom. The Labute approximate surface area is 155 Å². The van der Waals surface area contributed by atoms with Gasteiger partial charge in [0.25, 0.3) is 5.91 Å². The number of hydrogen-bond acceptors (Lipinski definition) is 5. The SMILES string of the molecule is O=C(c1cccc(=O)[nH]1)N1CCC(c2nnc3cc4c(nn23)CCC4)CC1. The Bertz CT molecular complexity index is 1080. The quantitative estimate of drug-likeness (QED) is 0.740. The van der Waals surface area contributed by atoms with Crippen molar-refractivity contribution in [2.45, 2.75) is 38.0 Å². The van der Waals surface area contributed by atoms with Crippen LogP contribution in [0.5, 0.6) is 0 Å². The number of nitrogens with one attached hydrogen (secondary N) is 1. The highest BCUT2D eigenvalue weighted by molar-refractivity contribution is 5.92. The molecule has 2 aliphatic rings. The fourth-order valence-electron chi connectivity index (χ4n) is 4.13. The Hall–Kier alpha value is -3.03. The van der Waals surface area contributed by atoms with E-state index in [1.165, 1.54) is 11.6 Å². The zero-order valence-corrected chi connectivity index (χ0v) is 14.9. The fraction of sp³-hybridized carbons (Fsp3) is 0.421. The maximum atomic E-state index is 12.6. The minimum Gasteiger partial charge on any atom is -0.337 e.